The topological polar surface area (TPSA) is 89.6 Å². The number of aryl methyl sites for hydroxylation is 1. The lowest BCUT2D eigenvalue weighted by Gasteiger charge is -2.14. The maximum Gasteiger partial charge on any atom is 0.341 e. The molecule has 5 nitrogen and oxygen atoms in total. The van der Waals surface area contributed by atoms with E-state index in [0.717, 1.165) is 12.1 Å². The van der Waals surface area contributed by atoms with Gasteiger partial charge in [-0.05, 0) is 42.3 Å². The minimum Gasteiger partial charge on any atom is -0.481 e. The number of hydrogen-bond donors (Lipinski definition) is 2. The molecule has 0 atom stereocenters. The van der Waals surface area contributed by atoms with Crippen LogP contribution in [0.4, 0.5) is 8.78 Å². The van der Waals surface area contributed by atoms with Gasteiger partial charge < -0.3 is 15.6 Å². The van der Waals surface area contributed by atoms with Crippen molar-refractivity contribution >= 4 is 11.9 Å². The Morgan fingerprint density at radius 1 is 1.16 bits per heavy atom. The highest BCUT2D eigenvalue weighted by Crippen LogP contribution is 2.32. The lowest BCUT2D eigenvalue weighted by Crippen LogP contribution is -2.17. The summed E-state index contributed by atoms with van der Waals surface area (Å²) in [5.74, 6) is -3.56. The lowest BCUT2D eigenvalue weighted by molar-refractivity contribution is -0.139. The molecule has 0 fully saturated rings. The van der Waals surface area contributed by atoms with Gasteiger partial charge in [-0.15, -0.1) is 0 Å². The third kappa shape index (κ3) is 5.00. The molecule has 0 aliphatic heterocycles. The monoisotopic (exact) mass is 351 g/mol. The number of primary amides is 1. The molecule has 0 saturated heterocycles. The molecule has 134 valence electrons. The molecule has 0 heterocycles. The van der Waals surface area contributed by atoms with E-state index in [4.69, 9.17) is 15.6 Å². The average molecular weight is 351 g/mol. The molecule has 2 aromatic carbocycles. The van der Waals surface area contributed by atoms with Crippen molar-refractivity contribution in [1.29, 1.82) is 0 Å². The lowest BCUT2D eigenvalue weighted by atomic mass is 9.98. The fourth-order valence-corrected chi connectivity index (χ4v) is 2.16. The summed E-state index contributed by atoms with van der Waals surface area (Å²) < 4.78 is 32.0. The van der Waals surface area contributed by atoms with Gasteiger partial charge in [-0.1, -0.05) is 13.8 Å². The summed E-state index contributed by atoms with van der Waals surface area (Å²) in [5, 5.41) is 8.66. The summed E-state index contributed by atoms with van der Waals surface area (Å²) in [4.78, 5) is 22.2. The van der Waals surface area contributed by atoms with Gasteiger partial charge in [0.1, 0.15) is 17.4 Å². The number of carboxylic acids is 1. The predicted molar refractivity (Wildman–Crippen MR) is 89.5 cm³/mol. The Morgan fingerprint density at radius 2 is 1.80 bits per heavy atom. The van der Waals surface area contributed by atoms with E-state index in [1.807, 2.05) is 13.8 Å². The molecule has 2 aromatic rings. The van der Waals surface area contributed by atoms with Crippen LogP contribution in [0.2, 0.25) is 0 Å². The molecule has 1 amide bonds. The molecule has 0 unspecified atom stereocenters. The van der Waals surface area contributed by atoms with Crippen molar-refractivity contribution in [2.45, 2.75) is 20.8 Å². The first-order valence-corrected chi connectivity index (χ1v) is 7.54. The normalized spacial score (nSPS) is 9.80. The summed E-state index contributed by atoms with van der Waals surface area (Å²) in [5.41, 5.74) is 5.99. The van der Waals surface area contributed by atoms with E-state index >= 15 is 0 Å². The smallest absolute Gasteiger partial charge is 0.341 e. The Bertz CT molecular complexity index is 791. The van der Waals surface area contributed by atoms with Gasteiger partial charge >= 0.3 is 5.97 Å². The number of carboxylic acid groups (broad SMARTS) is 1. The zero-order chi connectivity index (χ0) is 19.1. The molecular formula is C18H19F2NO4. The highest BCUT2D eigenvalue weighted by molar-refractivity contribution is 5.97. The van der Waals surface area contributed by atoms with E-state index in [-0.39, 0.29) is 16.9 Å². The largest absolute Gasteiger partial charge is 0.481 e. The number of halogens is 2. The number of carbonyl (C=O) groups excluding carboxylic acids is 1. The Morgan fingerprint density at radius 3 is 2.32 bits per heavy atom. The van der Waals surface area contributed by atoms with E-state index < -0.39 is 30.1 Å². The van der Waals surface area contributed by atoms with Gasteiger partial charge in [0.15, 0.2) is 6.61 Å². The van der Waals surface area contributed by atoms with Gasteiger partial charge in [-0.25, -0.2) is 13.6 Å². The summed E-state index contributed by atoms with van der Waals surface area (Å²) in [6, 6.07) is 5.83. The van der Waals surface area contributed by atoms with Crippen molar-refractivity contribution in [3.63, 3.8) is 0 Å². The number of ether oxygens (including phenoxy) is 1. The quantitative estimate of drug-likeness (QED) is 0.862. The van der Waals surface area contributed by atoms with Gasteiger partial charge in [-0.3, -0.25) is 4.79 Å². The second kappa shape index (κ2) is 8.77. The van der Waals surface area contributed by atoms with Crippen LogP contribution in [0.1, 0.15) is 29.8 Å². The number of nitrogens with two attached hydrogens (primary N) is 1. The van der Waals surface area contributed by atoms with Crippen molar-refractivity contribution < 1.29 is 28.2 Å². The zero-order valence-electron chi connectivity index (χ0n) is 14.1. The van der Waals surface area contributed by atoms with Gasteiger partial charge in [0.25, 0.3) is 5.91 Å². The van der Waals surface area contributed by atoms with Crippen LogP contribution in [0.5, 0.6) is 5.75 Å². The summed E-state index contributed by atoms with van der Waals surface area (Å²) >= 11 is 0. The Balaban J connectivity index is 0.00000151. The van der Waals surface area contributed by atoms with Gasteiger partial charge in [0.05, 0.1) is 5.56 Å². The Labute approximate surface area is 144 Å². The number of aliphatic carboxylic acids is 1. The minimum atomic E-state index is -1.21. The summed E-state index contributed by atoms with van der Waals surface area (Å²) in [7, 11) is 0. The molecule has 0 bridgehead atoms. The van der Waals surface area contributed by atoms with Crippen molar-refractivity contribution in [3.05, 3.63) is 53.1 Å². The number of hydrogen-bond acceptors (Lipinski definition) is 3. The van der Waals surface area contributed by atoms with Gasteiger partial charge in [-0.2, -0.15) is 0 Å². The predicted octanol–water partition coefficient (Wildman–Crippen LogP) is 3.53. The molecule has 0 aromatic heterocycles. The van der Waals surface area contributed by atoms with Crippen LogP contribution in [0, 0.1) is 18.6 Å². The summed E-state index contributed by atoms with van der Waals surface area (Å²) in [6.07, 6.45) is 0. The van der Waals surface area contributed by atoms with Crippen LogP contribution in [0.3, 0.4) is 0 Å². The molecule has 3 N–H and O–H groups in total. The fraction of sp³-hybridized carbons (Fsp3) is 0.222. The third-order valence-corrected chi connectivity index (χ3v) is 3.12. The second-order valence-corrected chi connectivity index (χ2v) is 4.84. The van der Waals surface area contributed by atoms with Crippen molar-refractivity contribution in [2.75, 3.05) is 6.61 Å². The molecular weight excluding hydrogens is 332 g/mol. The molecule has 0 spiro atoms. The molecule has 2 rings (SSSR count). The highest BCUT2D eigenvalue weighted by atomic mass is 19.1. The number of amides is 1. The van der Waals surface area contributed by atoms with E-state index in [0.29, 0.717) is 11.1 Å². The van der Waals surface area contributed by atoms with Crippen LogP contribution in [0.15, 0.2) is 30.3 Å². The van der Waals surface area contributed by atoms with Crippen molar-refractivity contribution in [1.82, 2.24) is 0 Å². The molecule has 0 saturated carbocycles. The van der Waals surface area contributed by atoms with E-state index in [1.165, 1.54) is 18.2 Å². The van der Waals surface area contributed by atoms with Crippen molar-refractivity contribution in [3.8, 4) is 16.9 Å². The summed E-state index contributed by atoms with van der Waals surface area (Å²) in [6.45, 7) is 4.92. The van der Waals surface area contributed by atoms with Crippen molar-refractivity contribution in [2.24, 2.45) is 5.73 Å². The molecule has 0 radical (unpaired) electrons. The Hall–Kier alpha value is -2.96. The number of rotatable bonds is 5. The highest BCUT2D eigenvalue weighted by Gasteiger charge is 2.17. The van der Waals surface area contributed by atoms with E-state index in [1.54, 1.807) is 6.92 Å². The number of benzene rings is 2. The van der Waals surface area contributed by atoms with Crippen LogP contribution in [-0.4, -0.2) is 23.6 Å². The maximum absolute atomic E-state index is 13.9. The Kier molecular flexibility index (Phi) is 7.05. The van der Waals surface area contributed by atoms with Crippen LogP contribution in [-0.2, 0) is 4.79 Å². The zero-order valence-corrected chi connectivity index (χ0v) is 14.1. The average Bonchev–Trinajstić information content (AvgIpc) is 2.54. The third-order valence-electron chi connectivity index (χ3n) is 3.12. The van der Waals surface area contributed by atoms with E-state index in [9.17, 15) is 18.4 Å². The fourth-order valence-electron chi connectivity index (χ4n) is 2.16. The second-order valence-electron chi connectivity index (χ2n) is 4.84. The minimum absolute atomic E-state index is 0.0196. The molecule has 0 aliphatic rings. The molecule has 25 heavy (non-hydrogen) atoms. The standard InChI is InChI=1S/C16H13F2NO4.C2H6/c1-8-4-9(11-3-2-10(17)6-13(11)18)5-12(16(19)22)15(8)23-7-14(20)21;1-2/h2-6H,7H2,1H3,(H2,19,22)(H,20,21);1-2H3. The first-order valence-electron chi connectivity index (χ1n) is 7.54. The first kappa shape index (κ1) is 20.1. The number of carbonyl (C=O) groups is 2. The van der Waals surface area contributed by atoms with Crippen LogP contribution < -0.4 is 10.5 Å². The first-order chi connectivity index (χ1) is 11.8. The SMILES string of the molecule is CC.Cc1cc(-c2ccc(F)cc2F)cc(C(N)=O)c1OCC(=O)O. The van der Waals surface area contributed by atoms with Gasteiger partial charge in [0, 0.05) is 11.6 Å². The van der Waals surface area contributed by atoms with Crippen LogP contribution in [0.25, 0.3) is 11.1 Å². The van der Waals surface area contributed by atoms with E-state index in [2.05, 4.69) is 0 Å². The molecule has 0 aliphatic carbocycles. The van der Waals surface area contributed by atoms with Gasteiger partial charge in [0.2, 0.25) is 0 Å². The van der Waals surface area contributed by atoms with Crippen LogP contribution >= 0.6 is 0 Å². The molecule has 7 heteroatoms. The maximum atomic E-state index is 13.9.